The van der Waals surface area contributed by atoms with Gasteiger partial charge in [0.2, 0.25) is 11.8 Å². The summed E-state index contributed by atoms with van der Waals surface area (Å²) in [6, 6.07) is 8.56. The number of benzene rings is 1. The van der Waals surface area contributed by atoms with E-state index in [1.807, 2.05) is 11.0 Å². The summed E-state index contributed by atoms with van der Waals surface area (Å²) >= 11 is 0. The van der Waals surface area contributed by atoms with Crippen molar-refractivity contribution >= 4 is 17.5 Å². The molecule has 1 fully saturated rings. The first-order valence-corrected chi connectivity index (χ1v) is 8.13. The topological polar surface area (TPSA) is 82.4 Å². The van der Waals surface area contributed by atoms with Crippen LogP contribution in [-0.2, 0) is 14.3 Å². The highest BCUT2D eigenvalue weighted by Crippen LogP contribution is 2.20. The number of nitrogens with one attached hydrogen (secondary N) is 1. The van der Waals surface area contributed by atoms with Crippen molar-refractivity contribution in [3.05, 3.63) is 29.8 Å². The van der Waals surface area contributed by atoms with Crippen molar-refractivity contribution in [1.29, 1.82) is 5.26 Å². The Morgan fingerprint density at radius 1 is 1.21 bits per heavy atom. The molecule has 1 saturated heterocycles. The van der Waals surface area contributed by atoms with Crippen LogP contribution in [0.15, 0.2) is 24.3 Å². The molecule has 2 unspecified atom stereocenters. The average molecular weight is 329 g/mol. The molecule has 1 aromatic rings. The number of ether oxygens (including phenoxy) is 1. The minimum atomic E-state index is -0.326. The average Bonchev–Trinajstić information content (AvgIpc) is 2.54. The van der Waals surface area contributed by atoms with Crippen LogP contribution in [0.25, 0.3) is 0 Å². The van der Waals surface area contributed by atoms with Crippen molar-refractivity contribution in [2.24, 2.45) is 11.8 Å². The Morgan fingerprint density at radius 3 is 2.42 bits per heavy atom. The highest BCUT2D eigenvalue weighted by molar-refractivity contribution is 5.91. The monoisotopic (exact) mass is 329 g/mol. The first-order valence-electron chi connectivity index (χ1n) is 8.13. The third-order valence-corrected chi connectivity index (χ3v) is 3.98. The lowest BCUT2D eigenvalue weighted by Crippen LogP contribution is -2.44. The largest absolute Gasteiger partial charge is 0.362 e. The maximum atomic E-state index is 12.1. The summed E-state index contributed by atoms with van der Waals surface area (Å²) in [7, 11) is 0. The summed E-state index contributed by atoms with van der Waals surface area (Å²) in [6.45, 7) is 5.53. The third-order valence-electron chi connectivity index (χ3n) is 3.98. The second-order valence-corrected chi connectivity index (χ2v) is 6.47. The van der Waals surface area contributed by atoms with Gasteiger partial charge in [-0.1, -0.05) is 13.8 Å². The van der Waals surface area contributed by atoms with Gasteiger partial charge in [0, 0.05) is 18.8 Å². The maximum absolute atomic E-state index is 12.1. The number of carbonyl (C=O) groups excluding carboxylic acids is 2. The molecule has 128 valence electrons. The molecule has 1 aromatic carbocycles. The van der Waals surface area contributed by atoms with Gasteiger partial charge in [-0.05, 0) is 42.5 Å². The van der Waals surface area contributed by atoms with Gasteiger partial charge >= 0.3 is 0 Å². The molecule has 0 aliphatic carbocycles. The van der Waals surface area contributed by atoms with Crippen LogP contribution in [0.4, 0.5) is 5.69 Å². The number of nitriles is 1. The van der Waals surface area contributed by atoms with Crippen LogP contribution in [-0.4, -0.2) is 43.0 Å². The smallest absolute Gasteiger partial charge is 0.250 e. The highest BCUT2D eigenvalue weighted by Gasteiger charge is 2.25. The Hall–Kier alpha value is -2.39. The molecule has 2 amide bonds. The van der Waals surface area contributed by atoms with Gasteiger partial charge in [0.05, 0.1) is 11.6 Å². The number of piperidine rings is 1. The fraction of sp³-hybridized carbons (Fsp3) is 0.500. The van der Waals surface area contributed by atoms with Crippen LogP contribution in [0.1, 0.15) is 25.8 Å². The molecule has 1 aliphatic heterocycles. The zero-order valence-electron chi connectivity index (χ0n) is 14.1. The molecule has 2 rings (SSSR count). The SMILES string of the molecule is CC1CC(C)CN(C(=O)COCC(=O)Nc2ccc(C#N)cc2)C1. The molecule has 0 aromatic heterocycles. The number of hydrogen-bond acceptors (Lipinski definition) is 4. The normalized spacial score (nSPS) is 20.3. The van der Waals surface area contributed by atoms with Gasteiger partial charge in [0.25, 0.3) is 0 Å². The lowest BCUT2D eigenvalue weighted by atomic mass is 9.92. The first kappa shape index (κ1) is 18.0. The molecule has 2 atom stereocenters. The fourth-order valence-electron chi connectivity index (χ4n) is 3.01. The number of anilines is 1. The van der Waals surface area contributed by atoms with Crippen molar-refractivity contribution in [3.63, 3.8) is 0 Å². The number of rotatable bonds is 5. The summed E-state index contributed by atoms with van der Waals surface area (Å²) in [5.41, 5.74) is 1.12. The van der Waals surface area contributed by atoms with Crippen molar-refractivity contribution < 1.29 is 14.3 Å². The predicted molar refractivity (Wildman–Crippen MR) is 90.1 cm³/mol. The second kappa shape index (κ2) is 8.46. The van der Waals surface area contributed by atoms with E-state index in [4.69, 9.17) is 10.00 Å². The zero-order valence-corrected chi connectivity index (χ0v) is 14.1. The minimum absolute atomic E-state index is 0.0698. The summed E-state index contributed by atoms with van der Waals surface area (Å²) in [6.07, 6.45) is 1.14. The Morgan fingerprint density at radius 2 is 1.83 bits per heavy atom. The molecule has 1 aliphatic rings. The molecular formula is C18H23N3O3. The summed E-state index contributed by atoms with van der Waals surface area (Å²) < 4.78 is 5.24. The standard InChI is InChI=1S/C18H23N3O3/c1-13-7-14(2)10-21(9-13)18(23)12-24-11-17(22)20-16-5-3-15(8-19)4-6-16/h3-6,13-14H,7,9-12H2,1-2H3,(H,20,22). The van der Waals surface area contributed by atoms with E-state index in [2.05, 4.69) is 19.2 Å². The van der Waals surface area contributed by atoms with Crippen molar-refractivity contribution in [2.45, 2.75) is 20.3 Å². The molecule has 0 saturated carbocycles. The number of carbonyl (C=O) groups is 2. The van der Waals surface area contributed by atoms with Crippen LogP contribution in [0.3, 0.4) is 0 Å². The summed E-state index contributed by atoms with van der Waals surface area (Å²) in [5, 5.41) is 11.4. The molecule has 24 heavy (non-hydrogen) atoms. The molecule has 6 nitrogen and oxygen atoms in total. The Balaban J connectivity index is 1.71. The first-order chi connectivity index (χ1) is 11.5. The van der Waals surface area contributed by atoms with Gasteiger partial charge in [0.1, 0.15) is 13.2 Å². The molecule has 6 heteroatoms. The zero-order chi connectivity index (χ0) is 17.5. The van der Waals surface area contributed by atoms with Crippen molar-refractivity contribution in [1.82, 2.24) is 4.90 Å². The van der Waals surface area contributed by atoms with Gasteiger partial charge in [-0.3, -0.25) is 9.59 Å². The van der Waals surface area contributed by atoms with E-state index in [9.17, 15) is 9.59 Å². The number of likely N-dealkylation sites (tertiary alicyclic amines) is 1. The van der Waals surface area contributed by atoms with Gasteiger partial charge in [-0.2, -0.15) is 5.26 Å². The molecule has 0 spiro atoms. The van der Waals surface area contributed by atoms with Crippen LogP contribution < -0.4 is 5.32 Å². The van der Waals surface area contributed by atoms with Crippen LogP contribution in [0.5, 0.6) is 0 Å². The van der Waals surface area contributed by atoms with Crippen LogP contribution in [0.2, 0.25) is 0 Å². The number of nitrogens with zero attached hydrogens (tertiary/aromatic N) is 2. The van der Waals surface area contributed by atoms with Gasteiger partial charge in [0.15, 0.2) is 0 Å². The van der Waals surface area contributed by atoms with E-state index in [0.29, 0.717) is 23.1 Å². The lowest BCUT2D eigenvalue weighted by molar-refractivity contribution is -0.140. The van der Waals surface area contributed by atoms with Crippen molar-refractivity contribution in [2.75, 3.05) is 31.6 Å². The van der Waals surface area contributed by atoms with Gasteiger partial charge in [-0.25, -0.2) is 0 Å². The number of hydrogen-bond donors (Lipinski definition) is 1. The summed E-state index contributed by atoms with van der Waals surface area (Å²) in [4.78, 5) is 25.8. The highest BCUT2D eigenvalue weighted by atomic mass is 16.5. The van der Waals surface area contributed by atoms with Gasteiger partial charge < -0.3 is 15.0 Å². The second-order valence-electron chi connectivity index (χ2n) is 6.47. The summed E-state index contributed by atoms with van der Waals surface area (Å²) in [5.74, 6) is 0.599. The van der Waals surface area contributed by atoms with Crippen LogP contribution in [0, 0.1) is 23.2 Å². The van der Waals surface area contributed by atoms with E-state index in [1.165, 1.54) is 0 Å². The van der Waals surface area contributed by atoms with Crippen LogP contribution >= 0.6 is 0 Å². The molecule has 1 heterocycles. The minimum Gasteiger partial charge on any atom is -0.362 e. The molecule has 0 bridgehead atoms. The third kappa shape index (κ3) is 5.36. The van der Waals surface area contributed by atoms with Crippen molar-refractivity contribution in [3.8, 4) is 6.07 Å². The van der Waals surface area contributed by atoms with Gasteiger partial charge in [-0.15, -0.1) is 0 Å². The predicted octanol–water partition coefficient (Wildman–Crippen LogP) is 2.02. The van der Waals surface area contributed by atoms with E-state index in [1.54, 1.807) is 24.3 Å². The van der Waals surface area contributed by atoms with E-state index >= 15 is 0 Å². The van der Waals surface area contributed by atoms with E-state index in [0.717, 1.165) is 19.5 Å². The Bertz CT molecular complexity index is 611. The maximum Gasteiger partial charge on any atom is 0.250 e. The number of amides is 2. The molecule has 0 radical (unpaired) electrons. The van der Waals surface area contributed by atoms with E-state index in [-0.39, 0.29) is 25.0 Å². The van der Waals surface area contributed by atoms with E-state index < -0.39 is 0 Å². The quantitative estimate of drug-likeness (QED) is 0.896. The fourth-order valence-corrected chi connectivity index (χ4v) is 3.01. The molecule has 1 N–H and O–H groups in total. The Labute approximate surface area is 142 Å². The lowest BCUT2D eigenvalue weighted by Gasteiger charge is -2.34. The molecular weight excluding hydrogens is 306 g/mol. The Kier molecular flexibility index (Phi) is 6.33.